The predicted octanol–water partition coefficient (Wildman–Crippen LogP) is 2.59. The lowest BCUT2D eigenvalue weighted by atomic mass is 10.1. The van der Waals surface area contributed by atoms with Crippen molar-refractivity contribution in [3.63, 3.8) is 0 Å². The Balaban J connectivity index is 1.37. The van der Waals surface area contributed by atoms with E-state index >= 15 is 0 Å². The molecule has 2 aromatic heterocycles. The van der Waals surface area contributed by atoms with Gasteiger partial charge in [0.1, 0.15) is 11.9 Å². The smallest absolute Gasteiger partial charge is 0.213 e. The number of nitrogens with zero attached hydrogens (tertiary/aromatic N) is 3. The van der Waals surface area contributed by atoms with Gasteiger partial charge in [0.05, 0.1) is 6.54 Å². The van der Waals surface area contributed by atoms with Crippen molar-refractivity contribution in [2.45, 2.75) is 25.5 Å². The second-order valence-electron chi connectivity index (χ2n) is 5.64. The third-order valence-corrected chi connectivity index (χ3v) is 4.16. The number of fused-ring (bicyclic) bond motifs is 1. The van der Waals surface area contributed by atoms with Crippen LogP contribution in [0.15, 0.2) is 41.4 Å². The maximum atomic E-state index is 6.21. The minimum Gasteiger partial charge on any atom is -0.490 e. The SMILES string of the molecule is c1cc(OC2CCN(Cc3ncon3)CC2)c2cc[nH]c2c1. The van der Waals surface area contributed by atoms with Crippen LogP contribution in [0.1, 0.15) is 18.7 Å². The first-order valence-corrected chi connectivity index (χ1v) is 7.59. The summed E-state index contributed by atoms with van der Waals surface area (Å²) in [6.45, 7) is 2.72. The van der Waals surface area contributed by atoms with E-state index in [0.29, 0.717) is 0 Å². The van der Waals surface area contributed by atoms with E-state index in [2.05, 4.69) is 32.2 Å². The number of aromatic amines is 1. The summed E-state index contributed by atoms with van der Waals surface area (Å²) >= 11 is 0. The molecule has 6 heteroatoms. The number of benzene rings is 1. The van der Waals surface area contributed by atoms with Gasteiger partial charge in [-0.05, 0) is 31.0 Å². The van der Waals surface area contributed by atoms with Gasteiger partial charge in [0.25, 0.3) is 0 Å². The van der Waals surface area contributed by atoms with Crippen molar-refractivity contribution < 1.29 is 9.26 Å². The number of likely N-dealkylation sites (tertiary alicyclic amines) is 1. The van der Waals surface area contributed by atoms with E-state index in [-0.39, 0.29) is 6.10 Å². The van der Waals surface area contributed by atoms with Crippen LogP contribution in [0.5, 0.6) is 5.75 Å². The van der Waals surface area contributed by atoms with E-state index in [1.54, 1.807) is 0 Å². The highest BCUT2D eigenvalue weighted by molar-refractivity contribution is 5.85. The first-order valence-electron chi connectivity index (χ1n) is 7.59. The average Bonchev–Trinajstić information content (AvgIpc) is 3.21. The minimum absolute atomic E-state index is 0.266. The molecule has 0 saturated carbocycles. The van der Waals surface area contributed by atoms with Gasteiger partial charge in [-0.2, -0.15) is 4.98 Å². The number of aromatic nitrogens is 3. The summed E-state index contributed by atoms with van der Waals surface area (Å²) in [5, 5.41) is 5.01. The van der Waals surface area contributed by atoms with Crippen LogP contribution >= 0.6 is 0 Å². The maximum Gasteiger partial charge on any atom is 0.213 e. The Kier molecular flexibility index (Phi) is 3.52. The minimum atomic E-state index is 0.266. The van der Waals surface area contributed by atoms with Crippen LogP contribution in [-0.2, 0) is 6.54 Å². The third-order valence-electron chi connectivity index (χ3n) is 4.16. The van der Waals surface area contributed by atoms with Crippen molar-refractivity contribution in [2.75, 3.05) is 13.1 Å². The fraction of sp³-hybridized carbons (Fsp3) is 0.375. The van der Waals surface area contributed by atoms with E-state index in [4.69, 9.17) is 9.26 Å². The van der Waals surface area contributed by atoms with Gasteiger partial charge in [-0.25, -0.2) is 0 Å². The molecule has 1 saturated heterocycles. The van der Waals surface area contributed by atoms with Crippen molar-refractivity contribution in [3.8, 4) is 5.75 Å². The number of ether oxygens (including phenoxy) is 1. The van der Waals surface area contributed by atoms with Crippen molar-refractivity contribution in [1.29, 1.82) is 0 Å². The fourth-order valence-corrected chi connectivity index (χ4v) is 2.99. The van der Waals surface area contributed by atoms with E-state index in [1.165, 1.54) is 6.39 Å². The van der Waals surface area contributed by atoms with E-state index in [9.17, 15) is 0 Å². The molecule has 3 heterocycles. The van der Waals surface area contributed by atoms with Crippen molar-refractivity contribution in [2.24, 2.45) is 0 Å². The highest BCUT2D eigenvalue weighted by Gasteiger charge is 2.22. The Morgan fingerprint density at radius 2 is 2.18 bits per heavy atom. The molecule has 0 amide bonds. The molecule has 0 radical (unpaired) electrons. The summed E-state index contributed by atoms with van der Waals surface area (Å²) in [7, 11) is 0. The van der Waals surface area contributed by atoms with Crippen molar-refractivity contribution >= 4 is 10.9 Å². The fourth-order valence-electron chi connectivity index (χ4n) is 2.99. The van der Waals surface area contributed by atoms with Gasteiger partial charge in [-0.15, -0.1) is 0 Å². The molecule has 1 fully saturated rings. The number of nitrogens with one attached hydrogen (secondary N) is 1. The first kappa shape index (κ1) is 13.3. The highest BCUT2D eigenvalue weighted by atomic mass is 16.5. The summed E-state index contributed by atoms with van der Waals surface area (Å²) in [6, 6.07) is 8.20. The lowest BCUT2D eigenvalue weighted by Crippen LogP contribution is -2.38. The topological polar surface area (TPSA) is 67.2 Å². The van der Waals surface area contributed by atoms with Gasteiger partial charge in [0.15, 0.2) is 5.82 Å². The third kappa shape index (κ3) is 2.69. The van der Waals surface area contributed by atoms with Crippen molar-refractivity contribution in [3.05, 3.63) is 42.7 Å². The quantitative estimate of drug-likeness (QED) is 0.802. The molecular weight excluding hydrogens is 280 g/mol. The molecule has 4 rings (SSSR count). The number of rotatable bonds is 4. The zero-order chi connectivity index (χ0) is 14.8. The molecule has 0 spiro atoms. The van der Waals surface area contributed by atoms with Gasteiger partial charge >= 0.3 is 0 Å². The summed E-state index contributed by atoms with van der Waals surface area (Å²) in [4.78, 5) is 9.62. The van der Waals surface area contributed by atoms with Crippen LogP contribution < -0.4 is 4.74 Å². The summed E-state index contributed by atoms with van der Waals surface area (Å²) in [6.07, 6.45) is 5.62. The lowest BCUT2D eigenvalue weighted by molar-refractivity contribution is 0.0961. The Hall–Kier alpha value is -2.34. The molecule has 0 unspecified atom stereocenters. The van der Waals surface area contributed by atoms with Crippen molar-refractivity contribution in [1.82, 2.24) is 20.0 Å². The first-order chi connectivity index (χ1) is 10.9. The Morgan fingerprint density at radius 1 is 1.27 bits per heavy atom. The molecule has 1 aliphatic heterocycles. The molecule has 0 aliphatic carbocycles. The van der Waals surface area contributed by atoms with Crippen LogP contribution in [0.4, 0.5) is 0 Å². The summed E-state index contributed by atoms with van der Waals surface area (Å²) in [5.74, 6) is 1.71. The van der Waals surface area contributed by atoms with Crippen LogP contribution in [0.25, 0.3) is 10.9 Å². The average molecular weight is 298 g/mol. The molecule has 6 nitrogen and oxygen atoms in total. The van der Waals surface area contributed by atoms with Crippen LogP contribution in [0, 0.1) is 0 Å². The molecule has 1 N–H and O–H groups in total. The standard InChI is InChI=1S/C16H18N4O2/c1-2-14-13(4-7-17-14)15(3-1)22-12-5-8-20(9-6-12)10-16-18-11-21-19-16/h1-4,7,11-12,17H,5-6,8-10H2. The van der Waals surface area contributed by atoms with E-state index in [0.717, 1.165) is 55.0 Å². The second-order valence-corrected chi connectivity index (χ2v) is 5.64. The largest absolute Gasteiger partial charge is 0.490 e. The monoisotopic (exact) mass is 298 g/mol. The molecule has 0 atom stereocenters. The Bertz CT molecular complexity index is 730. The van der Waals surface area contributed by atoms with Gasteiger partial charge in [-0.1, -0.05) is 11.2 Å². The molecule has 114 valence electrons. The number of piperidine rings is 1. The summed E-state index contributed by atoms with van der Waals surface area (Å²) in [5.41, 5.74) is 1.12. The molecule has 1 aromatic carbocycles. The Labute approximate surface area is 128 Å². The van der Waals surface area contributed by atoms with Gasteiger partial charge < -0.3 is 14.2 Å². The molecular formula is C16H18N4O2. The molecule has 0 bridgehead atoms. The van der Waals surface area contributed by atoms with Crippen LogP contribution in [0.2, 0.25) is 0 Å². The van der Waals surface area contributed by atoms with E-state index in [1.807, 2.05) is 18.3 Å². The van der Waals surface area contributed by atoms with Gasteiger partial charge in [-0.3, -0.25) is 4.90 Å². The molecule has 3 aromatic rings. The second kappa shape index (κ2) is 5.81. The van der Waals surface area contributed by atoms with Gasteiger partial charge in [0.2, 0.25) is 6.39 Å². The van der Waals surface area contributed by atoms with Gasteiger partial charge in [0, 0.05) is 30.2 Å². The molecule has 1 aliphatic rings. The maximum absolute atomic E-state index is 6.21. The number of hydrogen-bond donors (Lipinski definition) is 1. The number of hydrogen-bond acceptors (Lipinski definition) is 5. The van der Waals surface area contributed by atoms with Crippen LogP contribution in [0.3, 0.4) is 0 Å². The summed E-state index contributed by atoms with van der Waals surface area (Å²) < 4.78 is 11.0. The zero-order valence-corrected chi connectivity index (χ0v) is 12.2. The van der Waals surface area contributed by atoms with E-state index < -0.39 is 0 Å². The highest BCUT2D eigenvalue weighted by Crippen LogP contribution is 2.27. The van der Waals surface area contributed by atoms with Crippen LogP contribution in [-0.4, -0.2) is 39.2 Å². The lowest BCUT2D eigenvalue weighted by Gasteiger charge is -2.31. The predicted molar refractivity (Wildman–Crippen MR) is 81.5 cm³/mol. The zero-order valence-electron chi connectivity index (χ0n) is 12.2. The molecule has 22 heavy (non-hydrogen) atoms. The Morgan fingerprint density at radius 3 is 3.00 bits per heavy atom. The normalized spacial score (nSPS) is 17.1. The number of H-pyrrole nitrogens is 1.